The van der Waals surface area contributed by atoms with Gasteiger partial charge in [-0.15, -0.1) is 0 Å². The molecule has 1 fully saturated rings. The lowest BCUT2D eigenvalue weighted by atomic mass is 9.99. The van der Waals surface area contributed by atoms with E-state index in [4.69, 9.17) is 15.2 Å². The van der Waals surface area contributed by atoms with E-state index in [1.54, 1.807) is 6.92 Å². The van der Waals surface area contributed by atoms with Crippen LogP contribution in [0, 0.1) is 0 Å². The van der Waals surface area contributed by atoms with Crippen molar-refractivity contribution in [3.63, 3.8) is 0 Å². The molecule has 1 aliphatic rings. The van der Waals surface area contributed by atoms with Gasteiger partial charge in [0, 0.05) is 25.3 Å². The first kappa shape index (κ1) is 12.8. The lowest BCUT2D eigenvalue weighted by molar-refractivity contribution is 0.0526. The highest BCUT2D eigenvalue weighted by Crippen LogP contribution is 2.25. The van der Waals surface area contributed by atoms with Crippen LogP contribution in [0.15, 0.2) is 6.20 Å². The fourth-order valence-corrected chi connectivity index (χ4v) is 1.93. The third-order valence-corrected chi connectivity index (χ3v) is 2.92. The first-order valence-electron chi connectivity index (χ1n) is 6.09. The molecule has 98 valence electrons. The Hall–Kier alpha value is -1.69. The zero-order chi connectivity index (χ0) is 13.0. The quantitative estimate of drug-likeness (QED) is 0.810. The number of ether oxygens (including phenoxy) is 2. The summed E-state index contributed by atoms with van der Waals surface area (Å²) >= 11 is 0. The minimum Gasteiger partial charge on any atom is -0.462 e. The van der Waals surface area contributed by atoms with Gasteiger partial charge in [0.2, 0.25) is 0 Å². The molecule has 0 amide bonds. The van der Waals surface area contributed by atoms with Crippen molar-refractivity contribution in [3.8, 4) is 0 Å². The lowest BCUT2D eigenvalue weighted by Gasteiger charge is -2.20. The summed E-state index contributed by atoms with van der Waals surface area (Å²) in [7, 11) is 0. The summed E-state index contributed by atoms with van der Waals surface area (Å²) in [4.78, 5) is 20.0. The molecule has 1 aromatic rings. The second-order valence-corrected chi connectivity index (χ2v) is 4.13. The molecule has 0 unspecified atom stereocenters. The van der Waals surface area contributed by atoms with Gasteiger partial charge in [-0.05, 0) is 19.8 Å². The van der Waals surface area contributed by atoms with Crippen molar-refractivity contribution in [2.24, 2.45) is 0 Å². The van der Waals surface area contributed by atoms with Crippen LogP contribution in [-0.2, 0) is 9.47 Å². The number of nitrogen functional groups attached to an aromatic ring is 1. The normalized spacial score (nSPS) is 16.5. The van der Waals surface area contributed by atoms with Gasteiger partial charge in [0.15, 0.2) is 0 Å². The Labute approximate surface area is 106 Å². The lowest BCUT2D eigenvalue weighted by Crippen LogP contribution is -2.18. The van der Waals surface area contributed by atoms with E-state index >= 15 is 0 Å². The van der Waals surface area contributed by atoms with Gasteiger partial charge < -0.3 is 15.2 Å². The highest BCUT2D eigenvalue weighted by Gasteiger charge is 2.21. The van der Waals surface area contributed by atoms with Gasteiger partial charge in [0.25, 0.3) is 0 Å². The van der Waals surface area contributed by atoms with E-state index in [0.29, 0.717) is 25.6 Å². The van der Waals surface area contributed by atoms with Crippen LogP contribution in [0.25, 0.3) is 0 Å². The van der Waals surface area contributed by atoms with Crippen LogP contribution >= 0.6 is 0 Å². The maximum atomic E-state index is 11.6. The summed E-state index contributed by atoms with van der Waals surface area (Å²) in [5, 5.41) is 0. The molecule has 0 bridgehead atoms. The van der Waals surface area contributed by atoms with E-state index in [2.05, 4.69) is 9.97 Å². The molecule has 1 aliphatic heterocycles. The summed E-state index contributed by atoms with van der Waals surface area (Å²) in [5.74, 6) is 0.652. The SMILES string of the molecule is CCOC(=O)c1cnc(C2CCOCC2)nc1N. The van der Waals surface area contributed by atoms with Crippen molar-refractivity contribution >= 4 is 11.8 Å². The molecule has 6 nitrogen and oxygen atoms in total. The summed E-state index contributed by atoms with van der Waals surface area (Å²) in [5.41, 5.74) is 6.01. The molecule has 1 saturated heterocycles. The predicted molar refractivity (Wildman–Crippen MR) is 65.2 cm³/mol. The Balaban J connectivity index is 2.16. The highest BCUT2D eigenvalue weighted by molar-refractivity contribution is 5.93. The molecule has 2 N–H and O–H groups in total. The van der Waals surface area contributed by atoms with Crippen molar-refractivity contribution in [2.75, 3.05) is 25.6 Å². The number of hydrogen-bond acceptors (Lipinski definition) is 6. The fraction of sp³-hybridized carbons (Fsp3) is 0.583. The topological polar surface area (TPSA) is 87.3 Å². The molecular weight excluding hydrogens is 234 g/mol. The number of nitrogens with two attached hydrogens (primary N) is 1. The first-order valence-corrected chi connectivity index (χ1v) is 6.09. The standard InChI is InChI=1S/C12H17N3O3/c1-2-18-12(16)9-7-14-11(15-10(9)13)8-3-5-17-6-4-8/h7-8H,2-6H2,1H3,(H2,13,14,15). The van der Waals surface area contributed by atoms with E-state index in [0.717, 1.165) is 12.8 Å². The number of aromatic nitrogens is 2. The Morgan fingerprint density at radius 1 is 1.56 bits per heavy atom. The number of hydrogen-bond donors (Lipinski definition) is 1. The third kappa shape index (κ3) is 2.76. The third-order valence-electron chi connectivity index (χ3n) is 2.92. The van der Waals surface area contributed by atoms with Gasteiger partial charge in [0.1, 0.15) is 17.2 Å². The molecule has 0 spiro atoms. The van der Waals surface area contributed by atoms with Gasteiger partial charge in [-0.2, -0.15) is 0 Å². The number of carbonyl (C=O) groups is 1. The predicted octanol–water partition coefficient (Wildman–Crippen LogP) is 1.13. The molecule has 0 atom stereocenters. The van der Waals surface area contributed by atoms with Crippen LogP contribution in [0.1, 0.15) is 41.9 Å². The molecule has 0 aromatic carbocycles. The number of anilines is 1. The van der Waals surface area contributed by atoms with Crippen LogP contribution in [0.5, 0.6) is 0 Å². The highest BCUT2D eigenvalue weighted by atomic mass is 16.5. The number of esters is 1. The first-order chi connectivity index (χ1) is 8.72. The zero-order valence-electron chi connectivity index (χ0n) is 10.4. The molecule has 0 radical (unpaired) electrons. The van der Waals surface area contributed by atoms with Crippen molar-refractivity contribution in [3.05, 3.63) is 17.6 Å². The van der Waals surface area contributed by atoms with Crippen LogP contribution in [0.2, 0.25) is 0 Å². The van der Waals surface area contributed by atoms with Crippen molar-refractivity contribution < 1.29 is 14.3 Å². The van der Waals surface area contributed by atoms with E-state index in [9.17, 15) is 4.79 Å². The minimum atomic E-state index is -0.478. The molecule has 1 aromatic heterocycles. The monoisotopic (exact) mass is 251 g/mol. The molecule has 0 saturated carbocycles. The number of nitrogens with zero attached hydrogens (tertiary/aromatic N) is 2. The van der Waals surface area contributed by atoms with Crippen LogP contribution < -0.4 is 5.73 Å². The molecule has 2 heterocycles. The maximum Gasteiger partial charge on any atom is 0.343 e. The Bertz CT molecular complexity index is 431. The summed E-state index contributed by atoms with van der Waals surface area (Å²) in [6.07, 6.45) is 3.22. The zero-order valence-corrected chi connectivity index (χ0v) is 10.4. The smallest absolute Gasteiger partial charge is 0.343 e. The molecule has 6 heteroatoms. The summed E-state index contributed by atoms with van der Waals surface area (Å²) < 4.78 is 10.2. The van der Waals surface area contributed by atoms with Crippen LogP contribution in [0.4, 0.5) is 5.82 Å². The second-order valence-electron chi connectivity index (χ2n) is 4.13. The van der Waals surface area contributed by atoms with E-state index in [-0.39, 0.29) is 17.3 Å². The average Bonchev–Trinajstić information content (AvgIpc) is 2.40. The minimum absolute atomic E-state index is 0.185. The van der Waals surface area contributed by atoms with E-state index in [1.807, 2.05) is 0 Å². The van der Waals surface area contributed by atoms with Crippen LogP contribution in [-0.4, -0.2) is 35.8 Å². The van der Waals surface area contributed by atoms with Gasteiger partial charge in [-0.25, -0.2) is 14.8 Å². The maximum absolute atomic E-state index is 11.6. The van der Waals surface area contributed by atoms with Gasteiger partial charge in [-0.3, -0.25) is 0 Å². The average molecular weight is 251 g/mol. The molecule has 0 aliphatic carbocycles. The molecular formula is C12H17N3O3. The molecule has 2 rings (SSSR count). The van der Waals surface area contributed by atoms with Crippen molar-refractivity contribution in [1.82, 2.24) is 9.97 Å². The van der Waals surface area contributed by atoms with Gasteiger partial charge in [0.05, 0.1) is 6.61 Å². The Morgan fingerprint density at radius 3 is 2.89 bits per heavy atom. The summed E-state index contributed by atoms with van der Waals surface area (Å²) in [6, 6.07) is 0. The van der Waals surface area contributed by atoms with E-state index < -0.39 is 5.97 Å². The largest absolute Gasteiger partial charge is 0.462 e. The van der Waals surface area contributed by atoms with E-state index in [1.165, 1.54) is 6.20 Å². The summed E-state index contributed by atoms with van der Waals surface area (Å²) in [6.45, 7) is 3.48. The van der Waals surface area contributed by atoms with Crippen LogP contribution in [0.3, 0.4) is 0 Å². The number of rotatable bonds is 3. The van der Waals surface area contributed by atoms with Crippen molar-refractivity contribution in [1.29, 1.82) is 0 Å². The Kier molecular flexibility index (Phi) is 4.09. The fourth-order valence-electron chi connectivity index (χ4n) is 1.93. The molecule has 18 heavy (non-hydrogen) atoms. The van der Waals surface area contributed by atoms with Gasteiger partial charge in [-0.1, -0.05) is 0 Å². The number of carbonyl (C=O) groups excluding carboxylic acids is 1. The Morgan fingerprint density at radius 2 is 2.28 bits per heavy atom. The second kappa shape index (κ2) is 5.77. The van der Waals surface area contributed by atoms with Gasteiger partial charge >= 0.3 is 5.97 Å². The van der Waals surface area contributed by atoms with Crippen molar-refractivity contribution in [2.45, 2.75) is 25.7 Å².